The summed E-state index contributed by atoms with van der Waals surface area (Å²) >= 11 is 0. The Morgan fingerprint density at radius 1 is 1.47 bits per heavy atom. The number of fused-ring (bicyclic) bond motifs is 1. The number of rotatable bonds is 3. The standard InChI is InChI=1S/C13H19NO/c1-9(2)14-8-11-4-3-10-7-12(15)5-6-13(10)11/h5-7,9,11,14-15H,3-4,8H2,1-2H3. The highest BCUT2D eigenvalue weighted by Crippen LogP contribution is 2.34. The van der Waals surface area contributed by atoms with Crippen LogP contribution in [-0.2, 0) is 6.42 Å². The lowest BCUT2D eigenvalue weighted by Gasteiger charge is -2.15. The molecular weight excluding hydrogens is 186 g/mol. The van der Waals surface area contributed by atoms with Crippen molar-refractivity contribution in [2.24, 2.45) is 0 Å². The van der Waals surface area contributed by atoms with Crippen molar-refractivity contribution in [3.63, 3.8) is 0 Å². The van der Waals surface area contributed by atoms with Gasteiger partial charge in [0.25, 0.3) is 0 Å². The highest BCUT2D eigenvalue weighted by atomic mass is 16.3. The average Bonchev–Trinajstić information content (AvgIpc) is 2.57. The summed E-state index contributed by atoms with van der Waals surface area (Å²) in [6.45, 7) is 5.40. The zero-order valence-corrected chi connectivity index (χ0v) is 9.46. The van der Waals surface area contributed by atoms with E-state index in [1.54, 1.807) is 6.07 Å². The van der Waals surface area contributed by atoms with E-state index in [0.29, 0.717) is 17.7 Å². The van der Waals surface area contributed by atoms with Gasteiger partial charge in [0, 0.05) is 12.6 Å². The molecule has 1 atom stereocenters. The van der Waals surface area contributed by atoms with Crippen molar-refractivity contribution in [1.29, 1.82) is 0 Å². The van der Waals surface area contributed by atoms with E-state index in [1.165, 1.54) is 17.5 Å². The molecule has 1 aromatic carbocycles. The second kappa shape index (κ2) is 4.23. The Balaban J connectivity index is 2.08. The lowest BCUT2D eigenvalue weighted by Crippen LogP contribution is -2.27. The molecule has 1 aliphatic rings. The summed E-state index contributed by atoms with van der Waals surface area (Å²) in [5.74, 6) is 1.02. The molecule has 2 N–H and O–H groups in total. The highest BCUT2D eigenvalue weighted by molar-refractivity contribution is 5.40. The average molecular weight is 205 g/mol. The normalized spacial score (nSPS) is 19.5. The molecule has 82 valence electrons. The first-order valence-corrected chi connectivity index (χ1v) is 5.72. The number of phenolic OH excluding ortho intramolecular Hbond substituents is 1. The Hall–Kier alpha value is -1.02. The lowest BCUT2D eigenvalue weighted by molar-refractivity contribution is 0.474. The van der Waals surface area contributed by atoms with Crippen molar-refractivity contribution < 1.29 is 5.11 Å². The Kier molecular flexibility index (Phi) is 2.96. The SMILES string of the molecule is CC(C)NCC1CCc2cc(O)ccc21. The molecule has 0 bridgehead atoms. The van der Waals surface area contributed by atoms with Gasteiger partial charge in [-0.25, -0.2) is 0 Å². The minimum Gasteiger partial charge on any atom is -0.508 e. The Morgan fingerprint density at radius 2 is 2.27 bits per heavy atom. The van der Waals surface area contributed by atoms with Crippen molar-refractivity contribution >= 4 is 0 Å². The van der Waals surface area contributed by atoms with E-state index in [1.807, 2.05) is 6.07 Å². The zero-order chi connectivity index (χ0) is 10.8. The van der Waals surface area contributed by atoms with E-state index in [2.05, 4.69) is 25.2 Å². The fraction of sp³-hybridized carbons (Fsp3) is 0.538. The molecule has 0 aliphatic heterocycles. The Morgan fingerprint density at radius 3 is 3.00 bits per heavy atom. The second-order valence-electron chi connectivity index (χ2n) is 4.68. The van der Waals surface area contributed by atoms with Crippen LogP contribution in [0.2, 0.25) is 0 Å². The third kappa shape index (κ3) is 2.32. The fourth-order valence-corrected chi connectivity index (χ4v) is 2.28. The van der Waals surface area contributed by atoms with Crippen LogP contribution in [0.15, 0.2) is 18.2 Å². The molecule has 2 heteroatoms. The molecule has 0 heterocycles. The van der Waals surface area contributed by atoms with Gasteiger partial charge in [-0.05, 0) is 42.0 Å². The van der Waals surface area contributed by atoms with Gasteiger partial charge in [-0.2, -0.15) is 0 Å². The van der Waals surface area contributed by atoms with Gasteiger partial charge in [0.1, 0.15) is 5.75 Å². The van der Waals surface area contributed by atoms with Crippen molar-refractivity contribution in [1.82, 2.24) is 5.32 Å². The van der Waals surface area contributed by atoms with Gasteiger partial charge in [-0.15, -0.1) is 0 Å². The van der Waals surface area contributed by atoms with Crippen LogP contribution in [-0.4, -0.2) is 17.7 Å². The van der Waals surface area contributed by atoms with Crippen LogP contribution in [0.25, 0.3) is 0 Å². The van der Waals surface area contributed by atoms with Gasteiger partial charge in [-0.1, -0.05) is 19.9 Å². The maximum atomic E-state index is 9.39. The summed E-state index contributed by atoms with van der Waals surface area (Å²) in [4.78, 5) is 0. The number of aryl methyl sites for hydroxylation is 1. The smallest absolute Gasteiger partial charge is 0.115 e. The third-order valence-electron chi connectivity index (χ3n) is 3.10. The molecule has 0 saturated carbocycles. The van der Waals surface area contributed by atoms with E-state index in [0.717, 1.165) is 13.0 Å². The Bertz CT molecular complexity index is 346. The molecule has 0 spiro atoms. The van der Waals surface area contributed by atoms with Crippen LogP contribution < -0.4 is 5.32 Å². The van der Waals surface area contributed by atoms with Gasteiger partial charge in [-0.3, -0.25) is 0 Å². The number of hydrogen-bond donors (Lipinski definition) is 2. The first kappa shape index (κ1) is 10.5. The summed E-state index contributed by atoms with van der Waals surface area (Å²) in [7, 11) is 0. The van der Waals surface area contributed by atoms with Crippen LogP contribution in [0.5, 0.6) is 5.75 Å². The van der Waals surface area contributed by atoms with Crippen LogP contribution in [0.1, 0.15) is 37.3 Å². The number of aromatic hydroxyl groups is 1. The van der Waals surface area contributed by atoms with Gasteiger partial charge in [0.05, 0.1) is 0 Å². The van der Waals surface area contributed by atoms with Gasteiger partial charge < -0.3 is 10.4 Å². The van der Waals surface area contributed by atoms with Gasteiger partial charge in [0.15, 0.2) is 0 Å². The summed E-state index contributed by atoms with van der Waals surface area (Å²) in [5, 5.41) is 12.9. The Labute approximate surface area is 91.3 Å². The van der Waals surface area contributed by atoms with Crippen molar-refractivity contribution in [3.05, 3.63) is 29.3 Å². The van der Waals surface area contributed by atoms with Crippen LogP contribution in [0.4, 0.5) is 0 Å². The largest absolute Gasteiger partial charge is 0.508 e. The monoisotopic (exact) mass is 205 g/mol. The molecule has 0 saturated heterocycles. The van der Waals surface area contributed by atoms with Crippen molar-refractivity contribution in [2.45, 2.75) is 38.6 Å². The first-order chi connectivity index (χ1) is 7.16. The van der Waals surface area contributed by atoms with E-state index >= 15 is 0 Å². The summed E-state index contributed by atoms with van der Waals surface area (Å²) in [5.41, 5.74) is 2.74. The molecule has 1 unspecified atom stereocenters. The molecule has 2 nitrogen and oxygen atoms in total. The minimum absolute atomic E-state index is 0.395. The number of benzene rings is 1. The number of hydrogen-bond acceptors (Lipinski definition) is 2. The molecule has 1 aliphatic carbocycles. The predicted octanol–water partition coefficient (Wildman–Crippen LogP) is 2.42. The van der Waals surface area contributed by atoms with Crippen LogP contribution >= 0.6 is 0 Å². The highest BCUT2D eigenvalue weighted by Gasteiger charge is 2.22. The quantitative estimate of drug-likeness (QED) is 0.794. The van der Waals surface area contributed by atoms with E-state index in [9.17, 15) is 5.11 Å². The molecule has 0 radical (unpaired) electrons. The van der Waals surface area contributed by atoms with Crippen molar-refractivity contribution in [3.8, 4) is 5.75 Å². The molecular formula is C13H19NO. The lowest BCUT2D eigenvalue weighted by atomic mass is 10.0. The first-order valence-electron chi connectivity index (χ1n) is 5.72. The summed E-state index contributed by atoms with van der Waals surface area (Å²) < 4.78 is 0. The maximum absolute atomic E-state index is 9.39. The molecule has 15 heavy (non-hydrogen) atoms. The number of nitrogens with one attached hydrogen (secondary N) is 1. The third-order valence-corrected chi connectivity index (χ3v) is 3.10. The zero-order valence-electron chi connectivity index (χ0n) is 9.46. The summed E-state index contributed by atoms with van der Waals surface area (Å²) in [6.07, 6.45) is 2.31. The van der Waals surface area contributed by atoms with Crippen LogP contribution in [0.3, 0.4) is 0 Å². The van der Waals surface area contributed by atoms with Gasteiger partial charge >= 0.3 is 0 Å². The van der Waals surface area contributed by atoms with E-state index in [-0.39, 0.29) is 0 Å². The van der Waals surface area contributed by atoms with Crippen molar-refractivity contribution in [2.75, 3.05) is 6.54 Å². The van der Waals surface area contributed by atoms with Crippen LogP contribution in [0, 0.1) is 0 Å². The molecule has 0 amide bonds. The predicted molar refractivity (Wildman–Crippen MR) is 62.3 cm³/mol. The fourth-order valence-electron chi connectivity index (χ4n) is 2.28. The summed E-state index contributed by atoms with van der Waals surface area (Å²) in [6, 6.07) is 6.33. The van der Waals surface area contributed by atoms with E-state index in [4.69, 9.17) is 0 Å². The minimum atomic E-state index is 0.395. The molecule has 0 aromatic heterocycles. The second-order valence-corrected chi connectivity index (χ2v) is 4.68. The maximum Gasteiger partial charge on any atom is 0.115 e. The number of phenols is 1. The topological polar surface area (TPSA) is 32.3 Å². The molecule has 2 rings (SSSR count). The van der Waals surface area contributed by atoms with E-state index < -0.39 is 0 Å². The molecule has 1 aromatic rings. The molecule has 0 fully saturated rings. The van der Waals surface area contributed by atoms with Gasteiger partial charge in [0.2, 0.25) is 0 Å².